The highest BCUT2D eigenvalue weighted by atomic mass is 19.4. The van der Waals surface area contributed by atoms with Crippen LogP contribution in [0.2, 0.25) is 0 Å². The second-order valence-corrected chi connectivity index (χ2v) is 6.68. The van der Waals surface area contributed by atoms with E-state index in [1.165, 1.54) is 12.1 Å². The van der Waals surface area contributed by atoms with E-state index in [9.17, 15) is 13.2 Å². The summed E-state index contributed by atoms with van der Waals surface area (Å²) in [5, 5.41) is 3.83. The first-order valence-corrected chi connectivity index (χ1v) is 9.04. The van der Waals surface area contributed by atoms with Gasteiger partial charge in [0.25, 0.3) is 0 Å². The summed E-state index contributed by atoms with van der Waals surface area (Å²) in [6.45, 7) is 2.04. The number of benzene rings is 2. The third-order valence-corrected chi connectivity index (χ3v) is 4.58. The Balaban J connectivity index is 1.55. The first kappa shape index (κ1) is 20.7. The average molecular weight is 400 g/mol. The molecule has 0 spiro atoms. The van der Waals surface area contributed by atoms with Gasteiger partial charge in [0.1, 0.15) is 6.61 Å². The highest BCUT2D eigenvalue weighted by molar-refractivity contribution is 5.36. The van der Waals surface area contributed by atoms with Gasteiger partial charge >= 0.3 is 6.18 Å². The topological polar surface area (TPSA) is 61.2 Å². The van der Waals surface area contributed by atoms with E-state index in [2.05, 4.69) is 26.8 Å². The van der Waals surface area contributed by atoms with E-state index in [1.807, 2.05) is 30.3 Å². The number of alkyl halides is 3. The predicted octanol–water partition coefficient (Wildman–Crippen LogP) is 4.64. The summed E-state index contributed by atoms with van der Waals surface area (Å²) in [5.41, 5.74) is 9.73. The van der Waals surface area contributed by atoms with Crippen LogP contribution in [0.3, 0.4) is 0 Å². The lowest BCUT2D eigenvalue weighted by Crippen LogP contribution is -2.25. The van der Waals surface area contributed by atoms with Gasteiger partial charge in [-0.15, -0.1) is 0 Å². The molecule has 2 unspecified atom stereocenters. The molecule has 0 N–H and O–H groups in total. The maximum atomic E-state index is 12.6. The van der Waals surface area contributed by atoms with Gasteiger partial charge in [-0.1, -0.05) is 47.3 Å². The summed E-state index contributed by atoms with van der Waals surface area (Å²) in [6, 6.07) is 14.3. The molecule has 2 aromatic carbocycles. The lowest BCUT2D eigenvalue weighted by atomic mass is 10.1. The highest BCUT2D eigenvalue weighted by Gasteiger charge is 2.32. The first-order valence-electron chi connectivity index (χ1n) is 9.04. The molecule has 1 saturated heterocycles. The van der Waals surface area contributed by atoms with Gasteiger partial charge in [-0.05, 0) is 35.4 Å². The Hall–Kier alpha value is -2.98. The number of ether oxygens (including phenoxy) is 1. The highest BCUT2D eigenvalue weighted by Crippen LogP contribution is 2.29. The molecule has 29 heavy (non-hydrogen) atoms. The lowest BCUT2D eigenvalue weighted by Gasteiger charge is -2.15. The molecule has 3 rings (SSSR count). The van der Waals surface area contributed by atoms with Crippen molar-refractivity contribution in [3.8, 4) is 11.8 Å². The van der Waals surface area contributed by atoms with Gasteiger partial charge < -0.3 is 4.74 Å². The van der Waals surface area contributed by atoms with Crippen LogP contribution in [0, 0.1) is 11.8 Å². The molecule has 2 atom stereocenters. The fourth-order valence-electron chi connectivity index (χ4n) is 3.17. The molecule has 0 saturated carbocycles. The van der Waals surface area contributed by atoms with Crippen LogP contribution in [0.4, 0.5) is 13.2 Å². The van der Waals surface area contributed by atoms with Gasteiger partial charge in [0.2, 0.25) is 0 Å². The summed E-state index contributed by atoms with van der Waals surface area (Å²) < 4.78 is 43.5. The van der Waals surface area contributed by atoms with Gasteiger partial charge in [-0.2, -0.15) is 13.2 Å². The third kappa shape index (κ3) is 6.00. The van der Waals surface area contributed by atoms with E-state index in [1.54, 1.807) is 0 Å². The Morgan fingerprint density at radius 2 is 1.83 bits per heavy atom. The second kappa shape index (κ2) is 9.48. The molecule has 2 aromatic rings. The molecule has 1 aliphatic heterocycles. The minimum Gasteiger partial charge on any atom is -0.364 e. The van der Waals surface area contributed by atoms with Gasteiger partial charge in [0, 0.05) is 30.1 Å². The largest absolute Gasteiger partial charge is 0.416 e. The average Bonchev–Trinajstić information content (AvgIpc) is 3.07. The lowest BCUT2D eigenvalue weighted by molar-refractivity contribution is -0.137. The molecular weight excluding hydrogens is 381 g/mol. The van der Waals surface area contributed by atoms with Crippen molar-refractivity contribution in [2.75, 3.05) is 19.7 Å². The summed E-state index contributed by atoms with van der Waals surface area (Å²) in [7, 11) is 0. The normalized spacial score (nSPS) is 19.3. The Labute approximate surface area is 166 Å². The van der Waals surface area contributed by atoms with Crippen molar-refractivity contribution in [3.05, 3.63) is 81.7 Å². The van der Waals surface area contributed by atoms with Crippen molar-refractivity contribution in [2.45, 2.75) is 24.9 Å². The van der Waals surface area contributed by atoms with Crippen LogP contribution >= 0.6 is 0 Å². The zero-order valence-electron chi connectivity index (χ0n) is 15.5. The number of rotatable bonds is 5. The van der Waals surface area contributed by atoms with Gasteiger partial charge in [-0.3, -0.25) is 4.90 Å². The molecule has 1 heterocycles. The third-order valence-electron chi connectivity index (χ3n) is 4.58. The summed E-state index contributed by atoms with van der Waals surface area (Å²) in [6.07, 6.45) is -4.64. The maximum absolute atomic E-state index is 12.6. The second-order valence-electron chi connectivity index (χ2n) is 6.68. The molecule has 150 valence electrons. The van der Waals surface area contributed by atoms with E-state index in [4.69, 9.17) is 10.3 Å². The Kier molecular flexibility index (Phi) is 6.78. The fraction of sp³-hybridized carbons (Fsp3) is 0.333. The van der Waals surface area contributed by atoms with Crippen LogP contribution in [0.5, 0.6) is 0 Å². The van der Waals surface area contributed by atoms with Crippen molar-refractivity contribution in [1.29, 1.82) is 0 Å². The van der Waals surface area contributed by atoms with Gasteiger partial charge in [-0.25, -0.2) is 0 Å². The van der Waals surface area contributed by atoms with Crippen LogP contribution in [0.25, 0.3) is 10.4 Å². The number of azide groups is 1. The van der Waals surface area contributed by atoms with Crippen LogP contribution in [-0.4, -0.2) is 36.7 Å². The minimum atomic E-state index is -4.36. The van der Waals surface area contributed by atoms with Gasteiger partial charge in [0.05, 0.1) is 17.7 Å². The standard InChI is InChI=1S/C21H19F3N4O/c22-21(23,24)18-10-8-16(9-11-18)7-4-12-29-20-15-28(14-19(20)26-27-25)13-17-5-2-1-3-6-17/h1-3,5-6,8-11,19-20H,12-15H2. The molecule has 1 aliphatic rings. The molecular formula is C21H19F3N4O. The van der Waals surface area contributed by atoms with Crippen LogP contribution in [0.15, 0.2) is 59.7 Å². The van der Waals surface area contributed by atoms with Gasteiger partial charge in [0.15, 0.2) is 0 Å². The van der Waals surface area contributed by atoms with Crippen molar-refractivity contribution >= 4 is 0 Å². The molecule has 0 aromatic heterocycles. The monoisotopic (exact) mass is 400 g/mol. The van der Waals surface area contributed by atoms with Crippen LogP contribution in [0.1, 0.15) is 16.7 Å². The SMILES string of the molecule is [N-]=[N+]=NC1CN(Cc2ccccc2)CC1OCC#Cc1ccc(C(F)(F)F)cc1. The Morgan fingerprint density at radius 1 is 1.10 bits per heavy atom. The molecule has 0 radical (unpaired) electrons. The minimum absolute atomic E-state index is 0.0995. The number of nitrogens with zero attached hydrogens (tertiary/aromatic N) is 4. The van der Waals surface area contributed by atoms with Crippen molar-refractivity contribution in [1.82, 2.24) is 4.90 Å². The molecule has 5 nitrogen and oxygen atoms in total. The van der Waals surface area contributed by atoms with E-state index in [0.29, 0.717) is 18.7 Å². The summed E-state index contributed by atoms with van der Waals surface area (Å²) in [4.78, 5) is 5.06. The van der Waals surface area contributed by atoms with Crippen molar-refractivity contribution in [3.63, 3.8) is 0 Å². The zero-order chi connectivity index (χ0) is 20.7. The maximum Gasteiger partial charge on any atom is 0.416 e. The Bertz CT molecular complexity index is 913. The molecule has 0 bridgehead atoms. The van der Waals surface area contributed by atoms with E-state index < -0.39 is 11.7 Å². The fourth-order valence-corrected chi connectivity index (χ4v) is 3.17. The Morgan fingerprint density at radius 3 is 2.48 bits per heavy atom. The molecule has 1 fully saturated rings. The smallest absolute Gasteiger partial charge is 0.364 e. The van der Waals surface area contributed by atoms with Crippen molar-refractivity contribution < 1.29 is 17.9 Å². The van der Waals surface area contributed by atoms with E-state index in [-0.39, 0.29) is 18.8 Å². The molecule has 8 heteroatoms. The number of hydrogen-bond donors (Lipinski definition) is 0. The van der Waals surface area contributed by atoms with Crippen molar-refractivity contribution in [2.24, 2.45) is 5.11 Å². The number of halogens is 3. The van der Waals surface area contributed by atoms with E-state index >= 15 is 0 Å². The van der Waals surface area contributed by atoms with Crippen LogP contribution in [-0.2, 0) is 17.5 Å². The molecule has 0 aliphatic carbocycles. The number of likely N-dealkylation sites (tertiary alicyclic amines) is 1. The zero-order valence-corrected chi connectivity index (χ0v) is 15.5. The van der Waals surface area contributed by atoms with E-state index in [0.717, 1.165) is 24.2 Å². The number of hydrogen-bond acceptors (Lipinski definition) is 3. The summed E-state index contributed by atoms with van der Waals surface area (Å²) >= 11 is 0. The van der Waals surface area contributed by atoms with Crippen LogP contribution < -0.4 is 0 Å². The predicted molar refractivity (Wildman–Crippen MR) is 103 cm³/mol. The summed E-state index contributed by atoms with van der Waals surface area (Å²) in [5.74, 6) is 5.59. The first-order chi connectivity index (χ1) is 14.0. The quantitative estimate of drug-likeness (QED) is 0.318. The molecule has 0 amide bonds.